The van der Waals surface area contributed by atoms with Crippen LogP contribution in [0.1, 0.15) is 5.82 Å². The van der Waals surface area contributed by atoms with E-state index in [4.69, 9.17) is 0 Å². The standard InChI is InChI=1S/C9H6BrF3N2/c1-15-6-4-2-3-5(10)7(6)14-8(15)9(11,12)13/h2-4H,1H3. The van der Waals surface area contributed by atoms with Gasteiger partial charge >= 0.3 is 6.18 Å². The van der Waals surface area contributed by atoms with Crippen LogP contribution in [0.2, 0.25) is 0 Å². The van der Waals surface area contributed by atoms with E-state index >= 15 is 0 Å². The molecule has 0 bridgehead atoms. The van der Waals surface area contributed by atoms with Crippen LogP contribution in [-0.4, -0.2) is 9.55 Å². The number of halogens is 4. The average Bonchev–Trinajstić information content (AvgIpc) is 2.45. The molecule has 0 aliphatic heterocycles. The lowest BCUT2D eigenvalue weighted by molar-refractivity contribution is -0.146. The minimum atomic E-state index is -4.42. The van der Waals surface area contributed by atoms with Gasteiger partial charge in [-0.2, -0.15) is 13.2 Å². The molecule has 80 valence electrons. The maximum Gasteiger partial charge on any atom is 0.449 e. The van der Waals surface area contributed by atoms with Crippen LogP contribution in [0.25, 0.3) is 11.0 Å². The van der Waals surface area contributed by atoms with Gasteiger partial charge in [0.15, 0.2) is 0 Å². The molecule has 2 aromatic rings. The number of rotatable bonds is 0. The first-order valence-electron chi connectivity index (χ1n) is 4.09. The number of imidazole rings is 1. The highest BCUT2D eigenvalue weighted by Crippen LogP contribution is 2.32. The summed E-state index contributed by atoms with van der Waals surface area (Å²) in [5.41, 5.74) is 0.782. The zero-order chi connectivity index (χ0) is 11.2. The van der Waals surface area contributed by atoms with Crippen LogP contribution in [0, 0.1) is 0 Å². The van der Waals surface area contributed by atoms with Crippen LogP contribution in [-0.2, 0) is 13.2 Å². The molecule has 0 aliphatic rings. The van der Waals surface area contributed by atoms with Crippen molar-refractivity contribution in [1.29, 1.82) is 0 Å². The normalized spacial score (nSPS) is 12.3. The Kier molecular flexibility index (Phi) is 2.26. The summed E-state index contributed by atoms with van der Waals surface area (Å²) < 4.78 is 39.2. The van der Waals surface area contributed by atoms with E-state index in [1.807, 2.05) is 0 Å². The van der Waals surface area contributed by atoms with Crippen LogP contribution in [0.4, 0.5) is 13.2 Å². The molecule has 0 aliphatic carbocycles. The Morgan fingerprint density at radius 1 is 1.33 bits per heavy atom. The third-order valence-corrected chi connectivity index (χ3v) is 2.76. The average molecular weight is 279 g/mol. The van der Waals surface area contributed by atoms with Gasteiger partial charge in [0.25, 0.3) is 0 Å². The number of para-hydroxylation sites is 1. The Labute approximate surface area is 91.8 Å². The second kappa shape index (κ2) is 3.23. The largest absolute Gasteiger partial charge is 0.449 e. The lowest BCUT2D eigenvalue weighted by Crippen LogP contribution is -2.12. The number of fused-ring (bicyclic) bond motifs is 1. The lowest BCUT2D eigenvalue weighted by atomic mass is 10.3. The first-order valence-corrected chi connectivity index (χ1v) is 4.88. The first kappa shape index (κ1) is 10.5. The molecule has 0 N–H and O–H groups in total. The van der Waals surface area contributed by atoms with Gasteiger partial charge in [0.1, 0.15) is 5.52 Å². The molecule has 0 amide bonds. The van der Waals surface area contributed by atoms with E-state index in [1.54, 1.807) is 18.2 Å². The highest BCUT2D eigenvalue weighted by Gasteiger charge is 2.36. The van der Waals surface area contributed by atoms with Gasteiger partial charge in [-0.1, -0.05) is 6.07 Å². The van der Waals surface area contributed by atoms with Crippen molar-refractivity contribution in [2.45, 2.75) is 6.18 Å². The Morgan fingerprint density at radius 2 is 2.00 bits per heavy atom. The van der Waals surface area contributed by atoms with Crippen molar-refractivity contribution < 1.29 is 13.2 Å². The fourth-order valence-electron chi connectivity index (χ4n) is 1.43. The zero-order valence-electron chi connectivity index (χ0n) is 7.64. The third-order valence-electron chi connectivity index (χ3n) is 2.12. The van der Waals surface area contributed by atoms with Crippen molar-refractivity contribution in [3.05, 3.63) is 28.5 Å². The molecule has 2 rings (SSSR count). The smallest absolute Gasteiger partial charge is 0.323 e. The summed E-state index contributed by atoms with van der Waals surface area (Å²) in [6.45, 7) is 0. The van der Waals surface area contributed by atoms with E-state index < -0.39 is 12.0 Å². The monoisotopic (exact) mass is 278 g/mol. The number of alkyl halides is 3. The van der Waals surface area contributed by atoms with Crippen molar-refractivity contribution in [3.8, 4) is 0 Å². The van der Waals surface area contributed by atoms with Crippen molar-refractivity contribution in [2.75, 3.05) is 0 Å². The molecule has 0 spiro atoms. The number of aromatic nitrogens is 2. The molecule has 0 unspecified atom stereocenters. The van der Waals surface area contributed by atoms with Crippen LogP contribution in [0.3, 0.4) is 0 Å². The van der Waals surface area contributed by atoms with E-state index in [0.29, 0.717) is 15.5 Å². The Hall–Kier alpha value is -1.04. The molecule has 0 saturated heterocycles. The Balaban J connectivity index is 2.81. The fourth-order valence-corrected chi connectivity index (χ4v) is 1.88. The van der Waals surface area contributed by atoms with Crippen LogP contribution < -0.4 is 0 Å². The minimum Gasteiger partial charge on any atom is -0.323 e. The van der Waals surface area contributed by atoms with Gasteiger partial charge in [0.2, 0.25) is 5.82 Å². The summed E-state index contributed by atoms with van der Waals surface area (Å²) in [7, 11) is 1.35. The van der Waals surface area contributed by atoms with Gasteiger partial charge in [-0.25, -0.2) is 4.98 Å². The first-order chi connectivity index (χ1) is 6.91. The molecule has 1 heterocycles. The fraction of sp³-hybridized carbons (Fsp3) is 0.222. The molecule has 0 fully saturated rings. The van der Waals surface area contributed by atoms with Crippen molar-refractivity contribution in [1.82, 2.24) is 9.55 Å². The van der Waals surface area contributed by atoms with E-state index in [0.717, 1.165) is 4.57 Å². The summed E-state index contributed by atoms with van der Waals surface area (Å²) in [5.74, 6) is -0.885. The van der Waals surface area contributed by atoms with Gasteiger partial charge in [-0.15, -0.1) is 0 Å². The SMILES string of the molecule is Cn1c(C(F)(F)F)nc2c(Br)cccc21. The molecule has 1 aromatic carbocycles. The lowest BCUT2D eigenvalue weighted by Gasteiger charge is -2.05. The maximum absolute atomic E-state index is 12.5. The second-order valence-corrected chi connectivity index (χ2v) is 3.95. The molecular formula is C9H6BrF3N2. The Bertz CT molecular complexity index is 516. The van der Waals surface area contributed by atoms with Gasteiger partial charge in [0, 0.05) is 11.5 Å². The number of benzene rings is 1. The van der Waals surface area contributed by atoms with E-state index in [1.165, 1.54) is 7.05 Å². The summed E-state index contributed by atoms with van der Waals surface area (Å²) >= 11 is 3.17. The van der Waals surface area contributed by atoms with Crippen molar-refractivity contribution in [3.63, 3.8) is 0 Å². The quantitative estimate of drug-likeness (QED) is 0.723. The number of nitrogens with zero attached hydrogens (tertiary/aromatic N) is 2. The van der Waals surface area contributed by atoms with Gasteiger partial charge in [-0.3, -0.25) is 0 Å². The van der Waals surface area contributed by atoms with Gasteiger partial charge in [0.05, 0.1) is 5.52 Å². The van der Waals surface area contributed by atoms with Crippen molar-refractivity contribution >= 4 is 27.0 Å². The second-order valence-electron chi connectivity index (χ2n) is 3.10. The highest BCUT2D eigenvalue weighted by molar-refractivity contribution is 9.10. The van der Waals surface area contributed by atoms with Gasteiger partial charge < -0.3 is 4.57 Å². The predicted molar refractivity (Wildman–Crippen MR) is 53.4 cm³/mol. The summed E-state index contributed by atoms with van der Waals surface area (Å²) in [5, 5.41) is 0. The van der Waals surface area contributed by atoms with Gasteiger partial charge in [-0.05, 0) is 28.1 Å². The summed E-state index contributed by atoms with van der Waals surface area (Å²) in [4.78, 5) is 3.57. The topological polar surface area (TPSA) is 17.8 Å². The molecule has 15 heavy (non-hydrogen) atoms. The molecule has 0 saturated carbocycles. The molecule has 1 aromatic heterocycles. The highest BCUT2D eigenvalue weighted by atomic mass is 79.9. The van der Waals surface area contributed by atoms with Crippen molar-refractivity contribution in [2.24, 2.45) is 7.05 Å². The predicted octanol–water partition coefficient (Wildman–Crippen LogP) is 3.35. The van der Waals surface area contributed by atoms with E-state index in [-0.39, 0.29) is 0 Å². The van der Waals surface area contributed by atoms with Crippen LogP contribution >= 0.6 is 15.9 Å². The summed E-state index contributed by atoms with van der Waals surface area (Å²) in [6, 6.07) is 4.94. The minimum absolute atomic E-state index is 0.326. The molecule has 2 nitrogen and oxygen atoms in total. The van der Waals surface area contributed by atoms with Crippen LogP contribution in [0.5, 0.6) is 0 Å². The van der Waals surface area contributed by atoms with E-state index in [2.05, 4.69) is 20.9 Å². The number of hydrogen-bond acceptors (Lipinski definition) is 1. The number of aryl methyl sites for hydroxylation is 1. The molecular weight excluding hydrogens is 273 g/mol. The summed E-state index contributed by atoms with van der Waals surface area (Å²) in [6.07, 6.45) is -4.42. The maximum atomic E-state index is 12.5. The molecule has 0 atom stereocenters. The Morgan fingerprint density at radius 3 is 2.53 bits per heavy atom. The van der Waals surface area contributed by atoms with E-state index in [9.17, 15) is 13.2 Å². The molecule has 0 radical (unpaired) electrons. The van der Waals surface area contributed by atoms with Crippen LogP contribution in [0.15, 0.2) is 22.7 Å². The third kappa shape index (κ3) is 1.62. The molecule has 6 heteroatoms. The zero-order valence-corrected chi connectivity index (χ0v) is 9.22. The number of hydrogen-bond donors (Lipinski definition) is 0.